The van der Waals surface area contributed by atoms with Gasteiger partial charge in [0.05, 0.1) is 6.54 Å². The molecular formula is C26H27ClN6O3. The van der Waals surface area contributed by atoms with Gasteiger partial charge in [0.2, 0.25) is 17.8 Å². The molecule has 1 aromatic heterocycles. The molecule has 2 amide bonds. The number of nitriles is 1. The number of guanidine groups is 1. The second-order valence-corrected chi connectivity index (χ2v) is 9.06. The van der Waals surface area contributed by atoms with Crippen LogP contribution in [-0.4, -0.2) is 41.8 Å². The van der Waals surface area contributed by atoms with E-state index in [1.807, 2.05) is 49.5 Å². The molecule has 0 bridgehead atoms. The maximum Gasteiger partial charge on any atom is 0.247 e. The SMILES string of the molecule is Cc1cc2cc(NC(=NC3CCCCN(CC(=O)NCc4ccc(Cl)cc4)C3=O)NC#N)ccc2o1. The van der Waals surface area contributed by atoms with Crippen molar-refractivity contribution >= 4 is 46.0 Å². The van der Waals surface area contributed by atoms with E-state index in [-0.39, 0.29) is 24.3 Å². The topological polar surface area (TPSA) is 123 Å². The van der Waals surface area contributed by atoms with Crippen LogP contribution < -0.4 is 16.0 Å². The third-order valence-corrected chi connectivity index (χ3v) is 6.10. The molecule has 4 rings (SSSR count). The molecule has 0 radical (unpaired) electrons. The summed E-state index contributed by atoms with van der Waals surface area (Å²) in [5, 5.41) is 19.2. The molecule has 1 saturated heterocycles. The average Bonchev–Trinajstić information content (AvgIpc) is 3.15. The Morgan fingerprint density at radius 2 is 2.03 bits per heavy atom. The van der Waals surface area contributed by atoms with E-state index in [0.717, 1.165) is 35.1 Å². The Hall–Kier alpha value is -4.03. The van der Waals surface area contributed by atoms with Crippen LogP contribution in [0.1, 0.15) is 30.6 Å². The van der Waals surface area contributed by atoms with Gasteiger partial charge in [-0.25, -0.2) is 4.99 Å². The number of benzene rings is 2. The molecule has 0 spiro atoms. The summed E-state index contributed by atoms with van der Waals surface area (Å²) in [7, 11) is 0. The van der Waals surface area contributed by atoms with Crippen LogP contribution in [0.25, 0.3) is 11.0 Å². The van der Waals surface area contributed by atoms with E-state index < -0.39 is 6.04 Å². The fourth-order valence-corrected chi connectivity index (χ4v) is 4.21. The highest BCUT2D eigenvalue weighted by molar-refractivity contribution is 6.30. The molecule has 1 aliphatic heterocycles. The number of rotatable bonds is 6. The quantitative estimate of drug-likeness (QED) is 0.201. The van der Waals surface area contributed by atoms with E-state index in [1.165, 1.54) is 4.90 Å². The molecular weight excluding hydrogens is 480 g/mol. The Kier molecular flexibility index (Phi) is 8.08. The van der Waals surface area contributed by atoms with E-state index in [4.69, 9.17) is 16.0 Å². The summed E-state index contributed by atoms with van der Waals surface area (Å²) in [6.45, 7) is 2.65. The number of anilines is 1. The van der Waals surface area contributed by atoms with Crippen molar-refractivity contribution in [1.82, 2.24) is 15.5 Å². The predicted molar refractivity (Wildman–Crippen MR) is 138 cm³/mol. The van der Waals surface area contributed by atoms with Gasteiger partial charge in [0, 0.05) is 29.2 Å². The summed E-state index contributed by atoms with van der Waals surface area (Å²) < 4.78 is 5.60. The number of aliphatic imine (C=N–C) groups is 1. The summed E-state index contributed by atoms with van der Waals surface area (Å²) in [6.07, 6.45) is 3.95. The number of hydrogen-bond donors (Lipinski definition) is 3. The second kappa shape index (κ2) is 11.6. The van der Waals surface area contributed by atoms with Crippen molar-refractivity contribution in [1.29, 1.82) is 5.26 Å². The van der Waals surface area contributed by atoms with Crippen molar-refractivity contribution in [3.05, 3.63) is 64.9 Å². The fourth-order valence-electron chi connectivity index (χ4n) is 4.09. The van der Waals surface area contributed by atoms with E-state index in [2.05, 4.69) is 20.9 Å². The number of fused-ring (bicyclic) bond motifs is 1. The number of hydrogen-bond acceptors (Lipinski definition) is 5. The molecule has 1 fully saturated rings. The van der Waals surface area contributed by atoms with Gasteiger partial charge in [0.25, 0.3) is 0 Å². The highest BCUT2D eigenvalue weighted by atomic mass is 35.5. The van der Waals surface area contributed by atoms with Crippen molar-refractivity contribution < 1.29 is 14.0 Å². The first-order valence-electron chi connectivity index (χ1n) is 11.7. The Bertz CT molecular complexity index is 1310. The van der Waals surface area contributed by atoms with E-state index in [9.17, 15) is 14.9 Å². The van der Waals surface area contributed by atoms with Crippen molar-refractivity contribution in [3.8, 4) is 6.19 Å². The lowest BCUT2D eigenvalue weighted by atomic mass is 10.1. The van der Waals surface area contributed by atoms with Crippen molar-refractivity contribution in [3.63, 3.8) is 0 Å². The molecule has 1 atom stereocenters. The molecule has 2 aromatic carbocycles. The highest BCUT2D eigenvalue weighted by Crippen LogP contribution is 2.23. The van der Waals surface area contributed by atoms with Crippen LogP contribution >= 0.6 is 11.6 Å². The number of furan rings is 1. The van der Waals surface area contributed by atoms with Crippen LogP contribution in [0.5, 0.6) is 0 Å². The van der Waals surface area contributed by atoms with Crippen molar-refractivity contribution in [2.45, 2.75) is 38.8 Å². The summed E-state index contributed by atoms with van der Waals surface area (Å²) in [5.74, 6) is 0.478. The van der Waals surface area contributed by atoms with Gasteiger partial charge in [0.15, 0.2) is 6.19 Å². The number of nitrogens with zero attached hydrogens (tertiary/aromatic N) is 3. The zero-order chi connectivity index (χ0) is 25.5. The van der Waals surface area contributed by atoms with Crippen LogP contribution in [-0.2, 0) is 16.1 Å². The van der Waals surface area contributed by atoms with Gasteiger partial charge in [-0.05, 0) is 68.1 Å². The maximum absolute atomic E-state index is 13.2. The summed E-state index contributed by atoms with van der Waals surface area (Å²) in [5.41, 5.74) is 2.37. The third kappa shape index (κ3) is 6.55. The first kappa shape index (κ1) is 25.1. The number of likely N-dealkylation sites (tertiary alicyclic amines) is 1. The van der Waals surface area contributed by atoms with Gasteiger partial charge < -0.3 is 20.0 Å². The zero-order valence-electron chi connectivity index (χ0n) is 19.9. The maximum atomic E-state index is 13.2. The van der Waals surface area contributed by atoms with Crippen LogP contribution in [0, 0.1) is 18.4 Å². The van der Waals surface area contributed by atoms with E-state index in [0.29, 0.717) is 30.2 Å². The van der Waals surface area contributed by atoms with Gasteiger partial charge in [-0.15, -0.1) is 0 Å². The molecule has 3 aromatic rings. The molecule has 0 aliphatic carbocycles. The summed E-state index contributed by atoms with van der Waals surface area (Å²) in [6, 6.07) is 13.9. The molecule has 1 aliphatic rings. The molecule has 10 heteroatoms. The van der Waals surface area contributed by atoms with Gasteiger partial charge >= 0.3 is 0 Å². The Morgan fingerprint density at radius 3 is 2.81 bits per heavy atom. The first-order chi connectivity index (χ1) is 17.4. The molecule has 36 heavy (non-hydrogen) atoms. The zero-order valence-corrected chi connectivity index (χ0v) is 20.6. The van der Waals surface area contributed by atoms with Gasteiger partial charge in [0.1, 0.15) is 17.4 Å². The number of amides is 2. The minimum atomic E-state index is -0.709. The number of carbonyl (C=O) groups excluding carboxylic acids is 2. The predicted octanol–water partition coefficient (Wildman–Crippen LogP) is 3.93. The Labute approximate surface area is 214 Å². The van der Waals surface area contributed by atoms with Crippen molar-refractivity contribution in [2.24, 2.45) is 4.99 Å². The number of aryl methyl sites for hydroxylation is 1. The molecule has 3 N–H and O–H groups in total. The highest BCUT2D eigenvalue weighted by Gasteiger charge is 2.28. The van der Waals surface area contributed by atoms with Gasteiger partial charge in [-0.3, -0.25) is 14.9 Å². The standard InChI is InChI=1S/C26H27ClN6O3/c1-17-12-19-13-21(9-10-23(19)36-17)31-26(30-16-28)32-22-4-2-3-11-33(25(22)35)15-24(34)29-14-18-5-7-20(27)8-6-18/h5-10,12-13,22H,2-4,11,14-15H2,1H3,(H,29,34)(H2,30,31,32). The molecule has 0 saturated carbocycles. The number of carbonyl (C=O) groups is 2. The first-order valence-corrected chi connectivity index (χ1v) is 12.1. The van der Waals surface area contributed by atoms with Crippen LogP contribution in [0.2, 0.25) is 5.02 Å². The van der Waals surface area contributed by atoms with Crippen molar-refractivity contribution in [2.75, 3.05) is 18.4 Å². The Balaban J connectivity index is 1.42. The van der Waals surface area contributed by atoms with E-state index >= 15 is 0 Å². The van der Waals surface area contributed by atoms with Gasteiger partial charge in [-0.1, -0.05) is 23.7 Å². The number of halogens is 1. The normalized spacial score (nSPS) is 16.4. The Morgan fingerprint density at radius 1 is 1.22 bits per heavy atom. The lowest BCUT2D eigenvalue weighted by molar-refractivity contribution is -0.136. The van der Waals surface area contributed by atoms with Gasteiger partial charge in [-0.2, -0.15) is 5.26 Å². The fraction of sp³-hybridized carbons (Fsp3) is 0.308. The number of nitrogens with one attached hydrogen (secondary N) is 3. The third-order valence-electron chi connectivity index (χ3n) is 5.85. The molecule has 186 valence electrons. The molecule has 9 nitrogen and oxygen atoms in total. The smallest absolute Gasteiger partial charge is 0.247 e. The van der Waals surface area contributed by atoms with Crippen LogP contribution in [0.3, 0.4) is 0 Å². The summed E-state index contributed by atoms with van der Waals surface area (Å²) in [4.78, 5) is 31.8. The second-order valence-electron chi connectivity index (χ2n) is 8.62. The minimum absolute atomic E-state index is 0.0522. The minimum Gasteiger partial charge on any atom is -0.461 e. The monoisotopic (exact) mass is 506 g/mol. The lowest BCUT2D eigenvalue weighted by Gasteiger charge is -2.22. The largest absolute Gasteiger partial charge is 0.461 e. The van der Waals surface area contributed by atoms with E-state index in [1.54, 1.807) is 12.1 Å². The van der Waals surface area contributed by atoms with Crippen LogP contribution in [0.15, 0.2) is 57.9 Å². The van der Waals surface area contributed by atoms with Crippen LogP contribution in [0.4, 0.5) is 5.69 Å². The average molecular weight is 507 g/mol. The lowest BCUT2D eigenvalue weighted by Crippen LogP contribution is -2.44. The molecule has 2 heterocycles. The summed E-state index contributed by atoms with van der Waals surface area (Å²) >= 11 is 5.90. The molecule has 1 unspecified atom stereocenters.